The smallest absolute Gasteiger partial charge is 0.338 e. The van der Waals surface area contributed by atoms with Crippen LogP contribution in [0.5, 0.6) is 11.7 Å². The van der Waals surface area contributed by atoms with Crippen LogP contribution in [0.2, 0.25) is 0 Å². The van der Waals surface area contributed by atoms with Crippen LogP contribution in [0.25, 0.3) is 0 Å². The van der Waals surface area contributed by atoms with Gasteiger partial charge in [0.15, 0.2) is 11.5 Å². The molecule has 2 rings (SSSR count). The number of hydrogen-bond acceptors (Lipinski definition) is 5. The van der Waals surface area contributed by atoms with Crippen LogP contribution in [0, 0.1) is 5.82 Å². The lowest BCUT2D eigenvalue weighted by atomic mass is 10.1. The highest BCUT2D eigenvalue weighted by molar-refractivity contribution is 5.93. The van der Waals surface area contributed by atoms with Crippen molar-refractivity contribution in [2.24, 2.45) is 5.73 Å². The second-order valence-electron chi connectivity index (χ2n) is 5.17. The van der Waals surface area contributed by atoms with Crippen LogP contribution in [-0.4, -0.2) is 28.1 Å². The molecule has 24 heavy (non-hydrogen) atoms. The Balaban J connectivity index is 1.91. The van der Waals surface area contributed by atoms with Crippen LogP contribution in [0.3, 0.4) is 0 Å². The first-order valence-electron chi connectivity index (χ1n) is 7.21. The molecule has 8 heteroatoms. The number of furan rings is 1. The summed E-state index contributed by atoms with van der Waals surface area (Å²) in [6, 6.07) is 6.69. The van der Waals surface area contributed by atoms with Crippen LogP contribution >= 0.6 is 0 Å². The van der Waals surface area contributed by atoms with Crippen LogP contribution < -0.4 is 10.5 Å². The summed E-state index contributed by atoms with van der Waals surface area (Å²) in [5, 5.41) is 9.72. The third-order valence-corrected chi connectivity index (χ3v) is 3.32. The number of halogens is 1. The molecule has 0 aliphatic rings. The van der Waals surface area contributed by atoms with Gasteiger partial charge in [0.1, 0.15) is 11.6 Å². The number of nitrogens with two attached hydrogens (primary N) is 1. The normalized spacial score (nSPS) is 11.8. The molecule has 2 amide bonds. The predicted octanol–water partition coefficient (Wildman–Crippen LogP) is 3.33. The Morgan fingerprint density at radius 3 is 2.58 bits per heavy atom. The Bertz CT molecular complexity index is 714. The molecule has 0 spiro atoms. The highest BCUT2D eigenvalue weighted by atomic mass is 19.1. The minimum atomic E-state index is -0.983. The van der Waals surface area contributed by atoms with E-state index in [1.54, 1.807) is 6.92 Å². The van der Waals surface area contributed by atoms with Gasteiger partial charge in [-0.25, -0.2) is 14.2 Å². The Hall–Kier alpha value is -2.87. The van der Waals surface area contributed by atoms with Crippen molar-refractivity contribution in [3.05, 3.63) is 48.0 Å². The fourth-order valence-electron chi connectivity index (χ4n) is 1.95. The first-order chi connectivity index (χ1) is 11.4. The first kappa shape index (κ1) is 17.5. The molecule has 0 fully saturated rings. The molecule has 3 N–H and O–H groups in total. The largest absolute Gasteiger partial charge is 0.426 e. The Kier molecular flexibility index (Phi) is 5.54. The molecule has 0 saturated carbocycles. The van der Waals surface area contributed by atoms with Gasteiger partial charge in [-0.3, -0.25) is 10.0 Å². The molecule has 0 bridgehead atoms. The van der Waals surface area contributed by atoms with Crippen molar-refractivity contribution in [3.63, 3.8) is 0 Å². The molecule has 1 atom stereocenters. The van der Waals surface area contributed by atoms with Gasteiger partial charge in [0.2, 0.25) is 0 Å². The van der Waals surface area contributed by atoms with E-state index in [2.05, 4.69) is 0 Å². The fourth-order valence-corrected chi connectivity index (χ4v) is 1.95. The van der Waals surface area contributed by atoms with Crippen molar-refractivity contribution in [3.8, 4) is 11.7 Å². The lowest BCUT2D eigenvalue weighted by Crippen LogP contribution is -2.39. The van der Waals surface area contributed by atoms with Gasteiger partial charge in [0.05, 0.1) is 6.04 Å². The van der Waals surface area contributed by atoms with Gasteiger partial charge in [-0.1, -0.05) is 0 Å². The predicted molar refractivity (Wildman–Crippen MR) is 81.4 cm³/mol. The number of hydroxylamine groups is 2. The molecule has 7 nitrogen and oxygen atoms in total. The van der Waals surface area contributed by atoms with E-state index in [-0.39, 0.29) is 36.1 Å². The average Bonchev–Trinajstić information content (AvgIpc) is 3.02. The third-order valence-electron chi connectivity index (χ3n) is 3.32. The number of urea groups is 1. The van der Waals surface area contributed by atoms with Gasteiger partial charge in [-0.15, -0.1) is 0 Å². The summed E-state index contributed by atoms with van der Waals surface area (Å²) in [4.78, 5) is 22.8. The molecular weight excluding hydrogens is 319 g/mol. The van der Waals surface area contributed by atoms with Gasteiger partial charge in [0.25, 0.3) is 5.95 Å². The second kappa shape index (κ2) is 7.60. The van der Waals surface area contributed by atoms with E-state index in [1.165, 1.54) is 36.4 Å². The van der Waals surface area contributed by atoms with Gasteiger partial charge in [-0.2, -0.15) is 0 Å². The van der Waals surface area contributed by atoms with Crippen LogP contribution in [0.4, 0.5) is 9.18 Å². The standard InChI is InChI=1S/C16H17FN2O5/c1-10(19(22)16(18)21)2-7-13(20)14-8-9-15(24-14)23-12-5-3-11(17)4-6-12/h3-6,8-10,22H,2,7H2,1H3,(H2,18,21). The minimum Gasteiger partial charge on any atom is -0.426 e. The molecule has 0 radical (unpaired) electrons. The molecule has 128 valence electrons. The number of Topliss-reactive ketones (excluding diaryl/α,β-unsaturated/α-hetero) is 1. The summed E-state index contributed by atoms with van der Waals surface area (Å²) in [6.07, 6.45) is 0.266. The van der Waals surface area contributed by atoms with Crippen molar-refractivity contribution in [2.45, 2.75) is 25.8 Å². The first-order valence-corrected chi connectivity index (χ1v) is 7.21. The topological polar surface area (TPSA) is 106 Å². The molecule has 2 aromatic rings. The number of amides is 2. The number of nitrogens with zero attached hydrogens (tertiary/aromatic N) is 1. The van der Waals surface area contributed by atoms with Crippen molar-refractivity contribution < 1.29 is 28.3 Å². The number of primary amides is 1. The number of hydrogen-bond donors (Lipinski definition) is 2. The Morgan fingerprint density at radius 1 is 1.29 bits per heavy atom. The number of ether oxygens (including phenoxy) is 1. The quantitative estimate of drug-likeness (QED) is 0.458. The van der Waals surface area contributed by atoms with E-state index in [9.17, 15) is 19.2 Å². The summed E-state index contributed by atoms with van der Waals surface area (Å²) in [6.45, 7) is 1.56. The van der Waals surface area contributed by atoms with E-state index in [0.29, 0.717) is 10.8 Å². The molecule has 0 aliphatic heterocycles. The number of ketones is 1. The Morgan fingerprint density at radius 2 is 1.96 bits per heavy atom. The van der Waals surface area contributed by atoms with E-state index >= 15 is 0 Å². The average molecular weight is 336 g/mol. The maximum atomic E-state index is 12.8. The van der Waals surface area contributed by atoms with E-state index in [4.69, 9.17) is 14.9 Å². The number of rotatable bonds is 7. The summed E-state index contributed by atoms with van der Waals surface area (Å²) in [5.74, 6) is -0.146. The second-order valence-corrected chi connectivity index (χ2v) is 5.17. The summed E-state index contributed by atoms with van der Waals surface area (Å²) in [7, 11) is 0. The van der Waals surface area contributed by atoms with E-state index in [1.807, 2.05) is 0 Å². The van der Waals surface area contributed by atoms with Gasteiger partial charge in [0, 0.05) is 12.5 Å². The number of benzene rings is 1. The number of carbonyl (C=O) groups is 2. The summed E-state index contributed by atoms with van der Waals surface area (Å²) < 4.78 is 23.5. The van der Waals surface area contributed by atoms with Crippen molar-refractivity contribution >= 4 is 11.8 Å². The van der Waals surface area contributed by atoms with Crippen molar-refractivity contribution in [1.29, 1.82) is 0 Å². The zero-order valence-electron chi connectivity index (χ0n) is 12.9. The van der Waals surface area contributed by atoms with Crippen LogP contribution in [0.15, 0.2) is 40.8 Å². The van der Waals surface area contributed by atoms with Gasteiger partial charge < -0.3 is 14.9 Å². The summed E-state index contributed by atoms with van der Waals surface area (Å²) in [5.41, 5.74) is 4.93. The third kappa shape index (κ3) is 4.56. The molecule has 1 unspecified atom stereocenters. The summed E-state index contributed by atoms with van der Waals surface area (Å²) >= 11 is 0. The maximum absolute atomic E-state index is 12.8. The lowest BCUT2D eigenvalue weighted by molar-refractivity contribution is -0.0714. The zero-order chi connectivity index (χ0) is 17.7. The molecular formula is C16H17FN2O5. The van der Waals surface area contributed by atoms with Gasteiger partial charge >= 0.3 is 6.03 Å². The van der Waals surface area contributed by atoms with E-state index < -0.39 is 12.1 Å². The van der Waals surface area contributed by atoms with Gasteiger partial charge in [-0.05, 0) is 43.7 Å². The molecule has 1 aromatic carbocycles. The van der Waals surface area contributed by atoms with Crippen molar-refractivity contribution in [2.75, 3.05) is 0 Å². The monoisotopic (exact) mass is 336 g/mol. The Labute approximate surface area is 137 Å². The fraction of sp³-hybridized carbons (Fsp3) is 0.250. The number of carbonyl (C=O) groups excluding carboxylic acids is 2. The molecule has 1 aromatic heterocycles. The van der Waals surface area contributed by atoms with Crippen LogP contribution in [0.1, 0.15) is 30.3 Å². The molecule has 0 saturated heterocycles. The van der Waals surface area contributed by atoms with E-state index in [0.717, 1.165) is 0 Å². The zero-order valence-corrected chi connectivity index (χ0v) is 12.9. The lowest BCUT2D eigenvalue weighted by Gasteiger charge is -2.19. The van der Waals surface area contributed by atoms with Crippen molar-refractivity contribution in [1.82, 2.24) is 5.06 Å². The highest BCUT2D eigenvalue weighted by Crippen LogP contribution is 2.24. The molecule has 1 heterocycles. The van der Waals surface area contributed by atoms with Crippen LogP contribution in [-0.2, 0) is 0 Å². The SMILES string of the molecule is CC(CCC(=O)c1ccc(Oc2ccc(F)cc2)o1)N(O)C(N)=O. The highest BCUT2D eigenvalue weighted by Gasteiger charge is 2.18. The minimum absolute atomic E-state index is 0.0506. The maximum Gasteiger partial charge on any atom is 0.338 e. The molecule has 0 aliphatic carbocycles.